The third-order valence-electron chi connectivity index (χ3n) is 5.67. The minimum Gasteiger partial charge on any atom is -0.436 e. The maximum Gasteiger partial charge on any atom is 0.292 e. The number of oxazole rings is 1. The molecule has 1 unspecified atom stereocenters. The van der Waals surface area contributed by atoms with E-state index in [2.05, 4.69) is 15.3 Å². The lowest BCUT2D eigenvalue weighted by Crippen LogP contribution is -2.31. The van der Waals surface area contributed by atoms with Crippen molar-refractivity contribution in [1.29, 1.82) is 0 Å². The van der Waals surface area contributed by atoms with Gasteiger partial charge in [0.2, 0.25) is 5.76 Å². The Bertz CT molecular complexity index is 1160. The van der Waals surface area contributed by atoms with Gasteiger partial charge in [0.1, 0.15) is 5.82 Å². The molecule has 1 aliphatic rings. The van der Waals surface area contributed by atoms with Crippen LogP contribution in [0.15, 0.2) is 40.8 Å². The van der Waals surface area contributed by atoms with Crippen LogP contribution in [0.1, 0.15) is 68.3 Å². The van der Waals surface area contributed by atoms with Crippen LogP contribution in [0.4, 0.5) is 4.39 Å². The van der Waals surface area contributed by atoms with Crippen molar-refractivity contribution in [3.8, 4) is 0 Å². The molecule has 0 bridgehead atoms. The van der Waals surface area contributed by atoms with E-state index in [0.717, 1.165) is 24.1 Å². The molecule has 1 aromatic carbocycles. The Morgan fingerprint density at radius 3 is 2.50 bits per heavy atom. The van der Waals surface area contributed by atoms with Crippen molar-refractivity contribution in [3.63, 3.8) is 0 Å². The van der Waals surface area contributed by atoms with E-state index >= 15 is 0 Å². The molecule has 4 rings (SSSR count). The van der Waals surface area contributed by atoms with E-state index in [-0.39, 0.29) is 29.4 Å². The molecule has 2 amide bonds. The van der Waals surface area contributed by atoms with Crippen molar-refractivity contribution in [2.45, 2.75) is 46.2 Å². The average Bonchev–Trinajstić information content (AvgIpc) is 3.38. The predicted octanol–water partition coefficient (Wildman–Crippen LogP) is 4.04. The first-order chi connectivity index (χ1) is 15.3. The molecule has 2 aromatic heterocycles. The summed E-state index contributed by atoms with van der Waals surface area (Å²) in [5, 5.41) is 2.84. The molecule has 0 radical (unpaired) electrons. The Morgan fingerprint density at radius 1 is 1.09 bits per heavy atom. The van der Waals surface area contributed by atoms with Crippen molar-refractivity contribution in [2.24, 2.45) is 0 Å². The number of hydrogen-bond donors (Lipinski definition) is 1. The smallest absolute Gasteiger partial charge is 0.292 e. The van der Waals surface area contributed by atoms with Gasteiger partial charge in [0.25, 0.3) is 11.8 Å². The number of pyridine rings is 1. The fourth-order valence-electron chi connectivity index (χ4n) is 4.06. The molecule has 1 atom stereocenters. The minimum atomic E-state index is -0.316. The maximum absolute atomic E-state index is 13.0. The van der Waals surface area contributed by atoms with Crippen molar-refractivity contribution in [2.75, 3.05) is 6.54 Å². The number of nitrogens with one attached hydrogen (secondary N) is 1. The fraction of sp³-hybridized carbons (Fsp3) is 0.333. The summed E-state index contributed by atoms with van der Waals surface area (Å²) >= 11 is 0. The number of hydrogen-bond acceptors (Lipinski definition) is 5. The van der Waals surface area contributed by atoms with Gasteiger partial charge in [0.05, 0.1) is 28.7 Å². The maximum atomic E-state index is 13.0. The second-order valence-electron chi connectivity index (χ2n) is 7.98. The van der Waals surface area contributed by atoms with Crippen LogP contribution in [-0.2, 0) is 6.54 Å². The van der Waals surface area contributed by atoms with Crippen LogP contribution in [0.3, 0.4) is 0 Å². The first-order valence-corrected chi connectivity index (χ1v) is 10.6. The Labute approximate surface area is 185 Å². The number of benzene rings is 1. The molecule has 32 heavy (non-hydrogen) atoms. The van der Waals surface area contributed by atoms with E-state index in [1.807, 2.05) is 0 Å². The van der Waals surface area contributed by atoms with E-state index in [0.29, 0.717) is 35.9 Å². The van der Waals surface area contributed by atoms with Crippen LogP contribution in [0.25, 0.3) is 0 Å². The van der Waals surface area contributed by atoms with Gasteiger partial charge in [0.15, 0.2) is 5.89 Å². The first kappa shape index (κ1) is 21.7. The van der Waals surface area contributed by atoms with Gasteiger partial charge in [-0.3, -0.25) is 14.6 Å². The highest BCUT2D eigenvalue weighted by atomic mass is 19.1. The zero-order chi connectivity index (χ0) is 22.8. The number of amides is 2. The summed E-state index contributed by atoms with van der Waals surface area (Å²) in [6, 6.07) is 9.35. The highest BCUT2D eigenvalue weighted by molar-refractivity contribution is 5.95. The highest BCUT2D eigenvalue weighted by Crippen LogP contribution is 2.33. The second-order valence-corrected chi connectivity index (χ2v) is 7.98. The molecule has 1 saturated heterocycles. The molecule has 0 saturated carbocycles. The predicted molar refractivity (Wildman–Crippen MR) is 116 cm³/mol. The molecule has 1 N–H and O–H groups in total. The van der Waals surface area contributed by atoms with Crippen molar-refractivity contribution < 1.29 is 18.4 Å². The largest absolute Gasteiger partial charge is 0.436 e. The van der Waals surface area contributed by atoms with Gasteiger partial charge < -0.3 is 14.6 Å². The molecule has 166 valence electrons. The Kier molecular flexibility index (Phi) is 6.03. The molecule has 3 heterocycles. The van der Waals surface area contributed by atoms with Crippen LogP contribution in [0, 0.1) is 26.6 Å². The van der Waals surface area contributed by atoms with E-state index in [4.69, 9.17) is 4.42 Å². The average molecular weight is 436 g/mol. The van der Waals surface area contributed by atoms with Gasteiger partial charge in [-0.2, -0.15) is 0 Å². The second kappa shape index (κ2) is 8.90. The lowest BCUT2D eigenvalue weighted by molar-refractivity contribution is 0.0697. The molecular weight excluding hydrogens is 411 g/mol. The van der Waals surface area contributed by atoms with Crippen molar-refractivity contribution >= 4 is 11.8 Å². The lowest BCUT2D eigenvalue weighted by atomic mass is 10.1. The molecule has 3 aromatic rings. The van der Waals surface area contributed by atoms with E-state index < -0.39 is 0 Å². The van der Waals surface area contributed by atoms with E-state index in [9.17, 15) is 14.0 Å². The van der Waals surface area contributed by atoms with Gasteiger partial charge in [-0.25, -0.2) is 9.37 Å². The van der Waals surface area contributed by atoms with Crippen LogP contribution >= 0.6 is 0 Å². The Balaban J connectivity index is 1.48. The number of halogens is 1. The number of rotatable bonds is 5. The molecule has 7 nitrogen and oxygen atoms in total. The van der Waals surface area contributed by atoms with E-state index in [1.54, 1.807) is 49.9 Å². The SMILES string of the molecule is Cc1nc(C)c(C(=O)N2CCCC2c2ccc(C(=O)NCc3ccc(F)cc3)c(C)n2)o1. The molecule has 8 heteroatoms. The summed E-state index contributed by atoms with van der Waals surface area (Å²) in [6.07, 6.45) is 1.66. The monoisotopic (exact) mass is 436 g/mol. The fourth-order valence-corrected chi connectivity index (χ4v) is 4.06. The number of aryl methyl sites for hydroxylation is 3. The normalized spacial score (nSPS) is 15.8. The number of carbonyl (C=O) groups is 2. The molecule has 1 fully saturated rings. The molecule has 0 spiro atoms. The van der Waals surface area contributed by atoms with Crippen LogP contribution < -0.4 is 5.32 Å². The van der Waals surface area contributed by atoms with Gasteiger partial charge >= 0.3 is 0 Å². The molecular formula is C24H25FN4O3. The van der Waals surface area contributed by atoms with E-state index in [1.165, 1.54) is 12.1 Å². The zero-order valence-electron chi connectivity index (χ0n) is 18.3. The van der Waals surface area contributed by atoms with Crippen molar-refractivity contribution in [3.05, 3.63) is 82.1 Å². The van der Waals surface area contributed by atoms with Crippen LogP contribution in [-0.4, -0.2) is 33.2 Å². The Morgan fingerprint density at radius 2 is 1.84 bits per heavy atom. The van der Waals surface area contributed by atoms with Gasteiger partial charge in [-0.1, -0.05) is 12.1 Å². The first-order valence-electron chi connectivity index (χ1n) is 10.6. The number of aromatic nitrogens is 2. The minimum absolute atomic E-state index is 0.178. The third-order valence-corrected chi connectivity index (χ3v) is 5.67. The van der Waals surface area contributed by atoms with Crippen molar-refractivity contribution in [1.82, 2.24) is 20.2 Å². The van der Waals surface area contributed by atoms with Crippen LogP contribution in [0.5, 0.6) is 0 Å². The summed E-state index contributed by atoms with van der Waals surface area (Å²) in [5.74, 6) is -0.0256. The third kappa shape index (κ3) is 4.39. The van der Waals surface area contributed by atoms with Gasteiger partial charge in [-0.05, 0) is 56.5 Å². The van der Waals surface area contributed by atoms with Gasteiger partial charge in [0, 0.05) is 20.0 Å². The van der Waals surface area contributed by atoms with Crippen LogP contribution in [0.2, 0.25) is 0 Å². The lowest BCUT2D eigenvalue weighted by Gasteiger charge is -2.24. The number of likely N-dealkylation sites (tertiary alicyclic amines) is 1. The summed E-state index contributed by atoms with van der Waals surface area (Å²) in [6.45, 7) is 6.17. The quantitative estimate of drug-likeness (QED) is 0.652. The number of nitrogens with zero attached hydrogens (tertiary/aromatic N) is 3. The number of carbonyl (C=O) groups excluding carboxylic acids is 2. The zero-order valence-corrected chi connectivity index (χ0v) is 18.3. The Hall–Kier alpha value is -3.55. The summed E-state index contributed by atoms with van der Waals surface area (Å²) in [7, 11) is 0. The summed E-state index contributed by atoms with van der Waals surface area (Å²) in [5.41, 5.74) is 3.19. The topological polar surface area (TPSA) is 88.3 Å². The summed E-state index contributed by atoms with van der Waals surface area (Å²) < 4.78 is 18.6. The standard InChI is InChI=1S/C24H25FN4O3/c1-14-19(23(30)26-13-17-6-8-18(25)9-7-17)10-11-20(28-14)21-5-4-12-29(21)24(31)22-15(2)27-16(3)32-22/h6-11,21H,4-5,12-13H2,1-3H3,(H,26,30). The summed E-state index contributed by atoms with van der Waals surface area (Å²) in [4.78, 5) is 36.3. The van der Waals surface area contributed by atoms with Gasteiger partial charge in [-0.15, -0.1) is 0 Å². The molecule has 1 aliphatic heterocycles. The highest BCUT2D eigenvalue weighted by Gasteiger charge is 2.34. The molecule has 0 aliphatic carbocycles.